The number of carbonyl (C=O) groups is 2. The Labute approximate surface area is 210 Å². The minimum atomic E-state index is -3.97. The molecule has 4 aromatic rings. The molecule has 36 heavy (non-hydrogen) atoms. The van der Waals surface area contributed by atoms with E-state index in [1.807, 2.05) is 6.92 Å². The van der Waals surface area contributed by atoms with Crippen molar-refractivity contribution in [1.29, 1.82) is 0 Å². The van der Waals surface area contributed by atoms with Crippen molar-refractivity contribution in [3.63, 3.8) is 0 Å². The highest BCUT2D eigenvalue weighted by atomic mass is 32.2. The summed E-state index contributed by atoms with van der Waals surface area (Å²) in [6.07, 6.45) is 0. The molecule has 0 radical (unpaired) electrons. The number of thiazole rings is 1. The van der Waals surface area contributed by atoms with Gasteiger partial charge in [0.2, 0.25) is 0 Å². The number of halogens is 1. The summed E-state index contributed by atoms with van der Waals surface area (Å²) in [5.74, 6) is -1.95. The number of hydrogen-bond acceptors (Lipinski definition) is 6. The first kappa shape index (κ1) is 25.3. The van der Waals surface area contributed by atoms with Gasteiger partial charge in [0, 0.05) is 0 Å². The lowest BCUT2D eigenvalue weighted by Crippen LogP contribution is -2.23. The minimum Gasteiger partial charge on any atom is -0.465 e. The highest BCUT2D eigenvalue weighted by molar-refractivity contribution is 7.92. The number of nitrogens with zero attached hydrogens (tertiary/aromatic N) is 2. The van der Waals surface area contributed by atoms with Crippen LogP contribution in [0, 0.1) is 12.7 Å². The Morgan fingerprint density at radius 2 is 1.78 bits per heavy atom. The summed E-state index contributed by atoms with van der Waals surface area (Å²) in [7, 11) is -3.97. The number of amides is 1. The third kappa shape index (κ3) is 5.37. The van der Waals surface area contributed by atoms with Crippen molar-refractivity contribution < 1.29 is 27.1 Å². The summed E-state index contributed by atoms with van der Waals surface area (Å²) >= 11 is 1.03. The fourth-order valence-corrected chi connectivity index (χ4v) is 5.60. The normalized spacial score (nSPS) is 12.0. The molecule has 0 unspecified atom stereocenters. The van der Waals surface area contributed by atoms with Crippen LogP contribution in [0.2, 0.25) is 0 Å². The maximum absolute atomic E-state index is 14.6. The number of para-hydroxylation sites is 2. The number of fused-ring (bicyclic) bond motifs is 1. The monoisotopic (exact) mass is 527 g/mol. The van der Waals surface area contributed by atoms with Crippen LogP contribution in [0.3, 0.4) is 0 Å². The molecule has 186 valence electrons. The zero-order chi connectivity index (χ0) is 25.9. The van der Waals surface area contributed by atoms with E-state index in [1.165, 1.54) is 41.0 Å². The second kappa shape index (κ2) is 10.4. The third-order valence-corrected chi connectivity index (χ3v) is 7.60. The van der Waals surface area contributed by atoms with Crippen molar-refractivity contribution >= 4 is 49.1 Å². The fourth-order valence-electron chi connectivity index (χ4n) is 3.48. The summed E-state index contributed by atoms with van der Waals surface area (Å²) < 4.78 is 49.6. The van der Waals surface area contributed by atoms with Crippen LogP contribution in [0.4, 0.5) is 10.1 Å². The Kier molecular flexibility index (Phi) is 7.32. The molecule has 0 aliphatic carbocycles. The fraction of sp³-hybridized carbons (Fsp3) is 0.160. The van der Waals surface area contributed by atoms with Crippen LogP contribution >= 0.6 is 11.3 Å². The number of nitrogens with one attached hydrogen (secondary N) is 1. The second-order valence-electron chi connectivity index (χ2n) is 7.74. The van der Waals surface area contributed by atoms with Crippen LogP contribution in [-0.4, -0.2) is 31.5 Å². The number of carbonyl (C=O) groups excluding carboxylic acids is 2. The number of sulfonamides is 1. The first-order valence-corrected chi connectivity index (χ1v) is 13.2. The highest BCUT2D eigenvalue weighted by Gasteiger charge is 2.20. The van der Waals surface area contributed by atoms with Gasteiger partial charge in [-0.25, -0.2) is 12.8 Å². The molecule has 0 atom stereocenters. The largest absolute Gasteiger partial charge is 0.465 e. The Bertz CT molecular complexity index is 1620. The number of anilines is 1. The molecule has 0 aliphatic rings. The van der Waals surface area contributed by atoms with Gasteiger partial charge in [-0.15, -0.1) is 0 Å². The molecule has 3 aromatic carbocycles. The first-order chi connectivity index (χ1) is 17.2. The predicted octanol–water partition coefficient (Wildman–Crippen LogP) is 4.26. The van der Waals surface area contributed by atoms with Gasteiger partial charge >= 0.3 is 5.97 Å². The van der Waals surface area contributed by atoms with E-state index in [0.717, 1.165) is 16.9 Å². The molecule has 0 aliphatic heterocycles. The molecule has 4 rings (SSSR count). The molecule has 0 saturated heterocycles. The summed E-state index contributed by atoms with van der Waals surface area (Å²) in [6, 6.07) is 16.7. The number of esters is 1. The zero-order valence-corrected chi connectivity index (χ0v) is 21.0. The molecule has 0 saturated carbocycles. The van der Waals surface area contributed by atoms with E-state index in [4.69, 9.17) is 4.74 Å². The summed E-state index contributed by atoms with van der Waals surface area (Å²) in [5, 5.41) is 0. The molecule has 1 aromatic heterocycles. The molecular formula is C25H22FN3O5S2. The summed E-state index contributed by atoms with van der Waals surface area (Å²) in [4.78, 5) is 29.6. The van der Waals surface area contributed by atoms with E-state index in [0.29, 0.717) is 4.70 Å². The maximum atomic E-state index is 14.6. The van der Waals surface area contributed by atoms with Crippen molar-refractivity contribution in [1.82, 2.24) is 4.57 Å². The van der Waals surface area contributed by atoms with Crippen molar-refractivity contribution in [2.24, 2.45) is 4.99 Å². The third-order valence-electron chi connectivity index (χ3n) is 5.17. The standard InChI is InChI=1S/C25H22FN3O5S2/c1-3-34-22(30)15-29-23-19(26)8-6-10-21(23)35-25(29)27-24(31)18-7-4-5-9-20(18)28-36(32,33)17-13-11-16(2)12-14-17/h4-14,28H,3,15H2,1-2H3. The molecule has 0 fully saturated rings. The Hall–Kier alpha value is -3.83. The van der Waals surface area contributed by atoms with E-state index in [9.17, 15) is 22.4 Å². The predicted molar refractivity (Wildman–Crippen MR) is 135 cm³/mol. The van der Waals surface area contributed by atoms with Gasteiger partial charge in [-0.3, -0.25) is 14.3 Å². The van der Waals surface area contributed by atoms with Crippen LogP contribution < -0.4 is 9.52 Å². The summed E-state index contributed by atoms with van der Waals surface area (Å²) in [5.41, 5.74) is 1.06. The Balaban J connectivity index is 1.76. The topological polar surface area (TPSA) is 107 Å². The van der Waals surface area contributed by atoms with Gasteiger partial charge in [0.1, 0.15) is 12.4 Å². The van der Waals surface area contributed by atoms with Gasteiger partial charge in [0.25, 0.3) is 15.9 Å². The molecule has 8 nitrogen and oxygen atoms in total. The molecular weight excluding hydrogens is 505 g/mol. The van der Waals surface area contributed by atoms with E-state index in [2.05, 4.69) is 9.71 Å². The van der Waals surface area contributed by atoms with Crippen LogP contribution in [-0.2, 0) is 26.1 Å². The van der Waals surface area contributed by atoms with E-state index < -0.39 is 27.7 Å². The number of aromatic nitrogens is 1. The van der Waals surface area contributed by atoms with Crippen molar-refractivity contribution in [2.45, 2.75) is 25.3 Å². The minimum absolute atomic E-state index is 0.00574. The van der Waals surface area contributed by atoms with Gasteiger partial charge in [-0.05, 0) is 50.2 Å². The molecule has 0 spiro atoms. The number of hydrogen-bond donors (Lipinski definition) is 1. The van der Waals surface area contributed by atoms with E-state index >= 15 is 0 Å². The lowest BCUT2D eigenvalue weighted by molar-refractivity contribution is -0.143. The van der Waals surface area contributed by atoms with E-state index in [-0.39, 0.29) is 39.6 Å². The lowest BCUT2D eigenvalue weighted by Gasteiger charge is -2.11. The van der Waals surface area contributed by atoms with Gasteiger partial charge < -0.3 is 9.30 Å². The highest BCUT2D eigenvalue weighted by Crippen LogP contribution is 2.23. The van der Waals surface area contributed by atoms with Gasteiger partial charge in [0.05, 0.1) is 33.0 Å². The van der Waals surface area contributed by atoms with Gasteiger partial charge in [-0.2, -0.15) is 4.99 Å². The smallest absolute Gasteiger partial charge is 0.326 e. The maximum Gasteiger partial charge on any atom is 0.326 e. The van der Waals surface area contributed by atoms with Crippen molar-refractivity contribution in [3.05, 3.63) is 88.5 Å². The SMILES string of the molecule is CCOC(=O)Cn1c(=NC(=O)c2ccccc2NS(=O)(=O)c2ccc(C)cc2)sc2cccc(F)c21. The average molecular weight is 528 g/mol. The molecule has 1 heterocycles. The van der Waals surface area contributed by atoms with Gasteiger partial charge in [-0.1, -0.05) is 47.2 Å². The lowest BCUT2D eigenvalue weighted by atomic mass is 10.2. The van der Waals surface area contributed by atoms with Gasteiger partial charge in [0.15, 0.2) is 4.80 Å². The van der Waals surface area contributed by atoms with Crippen molar-refractivity contribution in [3.8, 4) is 0 Å². The Morgan fingerprint density at radius 3 is 2.50 bits per heavy atom. The molecule has 0 bridgehead atoms. The van der Waals surface area contributed by atoms with Crippen LogP contribution in [0.5, 0.6) is 0 Å². The number of aryl methyl sites for hydroxylation is 1. The second-order valence-corrected chi connectivity index (χ2v) is 10.4. The molecule has 1 amide bonds. The molecule has 1 N–H and O–H groups in total. The van der Waals surface area contributed by atoms with Crippen LogP contribution in [0.25, 0.3) is 10.2 Å². The number of benzene rings is 3. The number of ether oxygens (including phenoxy) is 1. The Morgan fingerprint density at radius 1 is 1.06 bits per heavy atom. The zero-order valence-electron chi connectivity index (χ0n) is 19.4. The van der Waals surface area contributed by atoms with E-state index in [1.54, 1.807) is 37.3 Å². The first-order valence-electron chi connectivity index (χ1n) is 10.9. The van der Waals surface area contributed by atoms with Crippen LogP contribution in [0.1, 0.15) is 22.8 Å². The van der Waals surface area contributed by atoms with Crippen LogP contribution in [0.15, 0.2) is 76.6 Å². The quantitative estimate of drug-likeness (QED) is 0.362. The average Bonchev–Trinajstić information content (AvgIpc) is 3.17. The number of rotatable bonds is 7. The summed E-state index contributed by atoms with van der Waals surface area (Å²) in [6.45, 7) is 3.29. The van der Waals surface area contributed by atoms with Crippen molar-refractivity contribution in [2.75, 3.05) is 11.3 Å². The molecule has 11 heteroatoms.